The number of hydrogen-bond acceptors (Lipinski definition) is 2. The van der Waals surface area contributed by atoms with Gasteiger partial charge in [0.1, 0.15) is 5.82 Å². The fourth-order valence-electron chi connectivity index (χ4n) is 1.64. The van der Waals surface area contributed by atoms with Crippen LogP contribution >= 0.6 is 0 Å². The summed E-state index contributed by atoms with van der Waals surface area (Å²) < 4.78 is 13.8. The Balaban J connectivity index is 2.85. The molecular weight excluding hydrogens is 219 g/mol. The van der Waals surface area contributed by atoms with Gasteiger partial charge in [0.2, 0.25) is 0 Å². The largest absolute Gasteiger partial charge is 0.341 e. The second-order valence-electron chi connectivity index (χ2n) is 4.46. The van der Waals surface area contributed by atoms with E-state index in [2.05, 4.69) is 0 Å². The van der Waals surface area contributed by atoms with E-state index in [1.165, 1.54) is 11.0 Å². The summed E-state index contributed by atoms with van der Waals surface area (Å²) in [5.74, 6) is -0.534. The second kappa shape index (κ2) is 5.77. The molecule has 3 nitrogen and oxygen atoms in total. The van der Waals surface area contributed by atoms with Gasteiger partial charge < -0.3 is 10.6 Å². The summed E-state index contributed by atoms with van der Waals surface area (Å²) in [6.45, 7) is 4.64. The van der Waals surface area contributed by atoms with E-state index in [0.717, 1.165) is 0 Å². The molecule has 0 fully saturated rings. The van der Waals surface area contributed by atoms with Crippen LogP contribution in [0, 0.1) is 18.7 Å². The van der Waals surface area contributed by atoms with E-state index in [1.54, 1.807) is 26.1 Å². The number of halogens is 1. The number of hydrogen-bond donors (Lipinski definition) is 1. The van der Waals surface area contributed by atoms with Crippen LogP contribution in [0.2, 0.25) is 0 Å². The van der Waals surface area contributed by atoms with Gasteiger partial charge in [-0.3, -0.25) is 4.79 Å². The third kappa shape index (κ3) is 3.27. The molecule has 0 radical (unpaired) electrons. The first kappa shape index (κ1) is 13.6. The van der Waals surface area contributed by atoms with Gasteiger partial charge in [0, 0.05) is 13.6 Å². The van der Waals surface area contributed by atoms with Gasteiger partial charge >= 0.3 is 0 Å². The standard InChI is InChI=1S/C13H19FN2O/c1-9(7-15)8-16(3)13(17)11-6-4-5-10(2)12(11)14/h4-6,9H,7-8,15H2,1-3H3. The molecule has 0 bridgehead atoms. The van der Waals surface area contributed by atoms with Crippen molar-refractivity contribution in [3.05, 3.63) is 35.1 Å². The van der Waals surface area contributed by atoms with Crippen molar-refractivity contribution in [2.75, 3.05) is 20.1 Å². The van der Waals surface area contributed by atoms with Crippen LogP contribution in [0.4, 0.5) is 4.39 Å². The van der Waals surface area contributed by atoms with E-state index in [0.29, 0.717) is 18.7 Å². The predicted octanol–water partition coefficient (Wildman–Crippen LogP) is 1.80. The Morgan fingerprint density at radius 1 is 1.53 bits per heavy atom. The third-order valence-electron chi connectivity index (χ3n) is 2.76. The zero-order valence-corrected chi connectivity index (χ0v) is 10.5. The summed E-state index contributed by atoms with van der Waals surface area (Å²) in [5, 5.41) is 0. The van der Waals surface area contributed by atoms with E-state index >= 15 is 0 Å². The number of amides is 1. The zero-order valence-electron chi connectivity index (χ0n) is 10.5. The molecule has 0 aliphatic rings. The van der Waals surface area contributed by atoms with E-state index in [4.69, 9.17) is 5.73 Å². The Kier molecular flexibility index (Phi) is 4.63. The van der Waals surface area contributed by atoms with Crippen molar-refractivity contribution in [2.24, 2.45) is 11.7 Å². The van der Waals surface area contributed by atoms with E-state index in [1.807, 2.05) is 6.92 Å². The number of aryl methyl sites for hydroxylation is 1. The summed E-state index contributed by atoms with van der Waals surface area (Å²) >= 11 is 0. The summed E-state index contributed by atoms with van der Waals surface area (Å²) in [6, 6.07) is 4.84. The number of carbonyl (C=O) groups is 1. The highest BCUT2D eigenvalue weighted by atomic mass is 19.1. The fraction of sp³-hybridized carbons (Fsp3) is 0.462. The highest BCUT2D eigenvalue weighted by Crippen LogP contribution is 2.14. The molecule has 0 heterocycles. The average Bonchev–Trinajstić information content (AvgIpc) is 2.31. The molecule has 94 valence electrons. The first-order valence-electron chi connectivity index (χ1n) is 5.68. The predicted molar refractivity (Wildman–Crippen MR) is 66.3 cm³/mol. The van der Waals surface area contributed by atoms with Crippen LogP contribution in [-0.2, 0) is 0 Å². The van der Waals surface area contributed by atoms with Gasteiger partial charge in [-0.05, 0) is 31.0 Å². The van der Waals surface area contributed by atoms with Crippen molar-refractivity contribution in [3.63, 3.8) is 0 Å². The van der Waals surface area contributed by atoms with Crippen molar-refractivity contribution in [1.29, 1.82) is 0 Å². The van der Waals surface area contributed by atoms with Gasteiger partial charge in [-0.25, -0.2) is 4.39 Å². The maximum Gasteiger partial charge on any atom is 0.256 e. The lowest BCUT2D eigenvalue weighted by atomic mass is 10.1. The van der Waals surface area contributed by atoms with Crippen LogP contribution < -0.4 is 5.73 Å². The SMILES string of the molecule is Cc1cccc(C(=O)N(C)CC(C)CN)c1F. The lowest BCUT2D eigenvalue weighted by Crippen LogP contribution is -2.34. The van der Waals surface area contributed by atoms with Gasteiger partial charge in [0.25, 0.3) is 5.91 Å². The first-order chi connectivity index (χ1) is 7.97. The number of nitrogens with zero attached hydrogens (tertiary/aromatic N) is 1. The van der Waals surface area contributed by atoms with Gasteiger partial charge in [0.05, 0.1) is 5.56 Å². The van der Waals surface area contributed by atoms with Crippen molar-refractivity contribution >= 4 is 5.91 Å². The number of nitrogens with two attached hydrogens (primary N) is 1. The molecule has 2 N–H and O–H groups in total. The topological polar surface area (TPSA) is 46.3 Å². The van der Waals surface area contributed by atoms with Gasteiger partial charge in [-0.2, -0.15) is 0 Å². The number of benzene rings is 1. The molecule has 0 saturated heterocycles. The molecule has 0 spiro atoms. The number of carbonyl (C=O) groups excluding carboxylic acids is 1. The van der Waals surface area contributed by atoms with Gasteiger partial charge in [-0.15, -0.1) is 0 Å². The lowest BCUT2D eigenvalue weighted by molar-refractivity contribution is 0.0772. The van der Waals surface area contributed by atoms with Crippen molar-refractivity contribution in [3.8, 4) is 0 Å². The number of rotatable bonds is 4. The quantitative estimate of drug-likeness (QED) is 0.869. The summed E-state index contributed by atoms with van der Waals surface area (Å²) in [5.41, 5.74) is 6.11. The maximum atomic E-state index is 13.8. The maximum absolute atomic E-state index is 13.8. The molecule has 4 heteroatoms. The molecule has 0 aromatic heterocycles. The molecule has 1 amide bonds. The van der Waals surface area contributed by atoms with Gasteiger partial charge in [0.15, 0.2) is 0 Å². The molecule has 0 saturated carbocycles. The highest BCUT2D eigenvalue weighted by Gasteiger charge is 2.18. The van der Waals surface area contributed by atoms with Crippen LogP contribution in [0.3, 0.4) is 0 Å². The Bertz CT molecular complexity index is 406. The Hall–Kier alpha value is -1.42. The smallest absolute Gasteiger partial charge is 0.256 e. The fourth-order valence-corrected chi connectivity index (χ4v) is 1.64. The minimum Gasteiger partial charge on any atom is -0.341 e. The summed E-state index contributed by atoms with van der Waals surface area (Å²) in [6.07, 6.45) is 0. The minimum absolute atomic E-state index is 0.122. The first-order valence-corrected chi connectivity index (χ1v) is 5.68. The van der Waals surface area contributed by atoms with Crippen LogP contribution in [0.1, 0.15) is 22.8 Å². The molecule has 0 aliphatic carbocycles. The normalized spacial score (nSPS) is 12.3. The molecule has 0 aliphatic heterocycles. The van der Waals surface area contributed by atoms with Crippen LogP contribution in [0.15, 0.2) is 18.2 Å². The summed E-state index contributed by atoms with van der Waals surface area (Å²) in [7, 11) is 1.66. The molecule has 1 unspecified atom stereocenters. The molecule has 1 aromatic carbocycles. The average molecular weight is 238 g/mol. The molecule has 1 aromatic rings. The highest BCUT2D eigenvalue weighted by molar-refractivity contribution is 5.94. The lowest BCUT2D eigenvalue weighted by Gasteiger charge is -2.21. The summed E-state index contributed by atoms with van der Waals surface area (Å²) in [4.78, 5) is 13.5. The van der Waals surface area contributed by atoms with E-state index in [9.17, 15) is 9.18 Å². The van der Waals surface area contributed by atoms with E-state index in [-0.39, 0.29) is 17.4 Å². The Labute approximate surface area is 101 Å². The molecule has 1 atom stereocenters. The van der Waals surface area contributed by atoms with Crippen molar-refractivity contribution < 1.29 is 9.18 Å². The Morgan fingerprint density at radius 2 is 2.18 bits per heavy atom. The van der Waals surface area contributed by atoms with Crippen LogP contribution in [0.5, 0.6) is 0 Å². The molecular formula is C13H19FN2O. The minimum atomic E-state index is -0.440. The van der Waals surface area contributed by atoms with Crippen LogP contribution in [-0.4, -0.2) is 30.9 Å². The van der Waals surface area contributed by atoms with Crippen LogP contribution in [0.25, 0.3) is 0 Å². The second-order valence-corrected chi connectivity index (χ2v) is 4.46. The molecule has 1 rings (SSSR count). The third-order valence-corrected chi connectivity index (χ3v) is 2.76. The van der Waals surface area contributed by atoms with Gasteiger partial charge in [-0.1, -0.05) is 19.1 Å². The zero-order chi connectivity index (χ0) is 13.0. The Morgan fingerprint density at radius 3 is 2.76 bits per heavy atom. The van der Waals surface area contributed by atoms with Crippen molar-refractivity contribution in [1.82, 2.24) is 4.90 Å². The van der Waals surface area contributed by atoms with Crippen molar-refractivity contribution in [2.45, 2.75) is 13.8 Å². The molecule has 17 heavy (non-hydrogen) atoms. The monoisotopic (exact) mass is 238 g/mol. The van der Waals surface area contributed by atoms with E-state index < -0.39 is 5.82 Å².